The molecular weight excluding hydrogens is 290 g/mol. The van der Waals surface area contributed by atoms with Gasteiger partial charge in [0.15, 0.2) is 0 Å². The molecule has 0 radical (unpaired) electrons. The highest BCUT2D eigenvalue weighted by Gasteiger charge is 2.23. The van der Waals surface area contributed by atoms with Crippen molar-refractivity contribution in [3.05, 3.63) is 6.07 Å². The van der Waals surface area contributed by atoms with Crippen LogP contribution in [0.1, 0.15) is 6.92 Å². The number of amides is 1. The fraction of sp³-hybridized carbons (Fsp3) is 0.167. The summed E-state index contributed by atoms with van der Waals surface area (Å²) >= 11 is 0.518. The number of nitrogens with two attached hydrogens (primary N) is 2. The van der Waals surface area contributed by atoms with Gasteiger partial charge in [-0.3, -0.25) is 4.79 Å². The van der Waals surface area contributed by atoms with E-state index in [2.05, 4.69) is 5.32 Å². The van der Waals surface area contributed by atoms with Crippen LogP contribution in [0.2, 0.25) is 0 Å². The first kappa shape index (κ1) is 14.1. The van der Waals surface area contributed by atoms with E-state index in [1.807, 2.05) is 0 Å². The number of hydrogen-bond acceptors (Lipinski definition) is 6. The predicted molar refractivity (Wildman–Crippen MR) is 61.4 cm³/mol. The smallest absolute Gasteiger partial charge is 0.247 e. The molecule has 1 amide bonds. The Morgan fingerprint density at radius 1 is 1.24 bits per heavy atom. The van der Waals surface area contributed by atoms with Gasteiger partial charge in [0.25, 0.3) is 0 Å². The van der Waals surface area contributed by atoms with Gasteiger partial charge in [-0.1, -0.05) is 0 Å². The van der Waals surface area contributed by atoms with E-state index in [9.17, 15) is 21.6 Å². The Bertz CT molecular complexity index is 657. The zero-order valence-corrected chi connectivity index (χ0v) is 10.9. The molecule has 1 aromatic rings. The molecule has 1 heterocycles. The number of nitrogens with one attached hydrogen (secondary N) is 1. The standard InChI is InChI=1S/C6H9N3O5S3/c1-3(10)9-6-4(16(7,11)12)2-5(15-6)17(8,13)14/h2H,1H3,(H,9,10)(H2,7,11,12)(H2,8,13,14). The van der Waals surface area contributed by atoms with Crippen LogP contribution in [0.15, 0.2) is 15.2 Å². The van der Waals surface area contributed by atoms with Gasteiger partial charge in [0.2, 0.25) is 26.0 Å². The number of anilines is 1. The predicted octanol–water partition coefficient (Wildman–Crippen LogP) is -0.999. The first-order valence-electron chi connectivity index (χ1n) is 3.99. The van der Waals surface area contributed by atoms with Gasteiger partial charge in [-0.05, 0) is 6.07 Å². The van der Waals surface area contributed by atoms with E-state index in [0.29, 0.717) is 11.3 Å². The molecule has 1 aromatic heterocycles. The van der Waals surface area contributed by atoms with Crippen LogP contribution in [0.4, 0.5) is 5.00 Å². The number of carbonyl (C=O) groups excluding carboxylic acids is 1. The molecule has 0 aliphatic heterocycles. The summed E-state index contributed by atoms with van der Waals surface area (Å²) in [6.45, 7) is 1.14. The van der Waals surface area contributed by atoms with Crippen molar-refractivity contribution in [2.75, 3.05) is 5.32 Å². The Labute approximate surface area is 102 Å². The van der Waals surface area contributed by atoms with Crippen molar-refractivity contribution in [2.45, 2.75) is 16.0 Å². The van der Waals surface area contributed by atoms with E-state index < -0.39 is 35.1 Å². The third kappa shape index (κ3) is 3.47. The Morgan fingerprint density at radius 3 is 2.12 bits per heavy atom. The molecule has 11 heteroatoms. The minimum absolute atomic E-state index is 0.177. The molecule has 0 aliphatic carbocycles. The monoisotopic (exact) mass is 299 g/mol. The van der Waals surface area contributed by atoms with Crippen molar-refractivity contribution in [3.8, 4) is 0 Å². The maximum absolute atomic E-state index is 11.2. The highest BCUT2D eigenvalue weighted by Crippen LogP contribution is 2.33. The van der Waals surface area contributed by atoms with Crippen LogP contribution in [0, 0.1) is 0 Å². The van der Waals surface area contributed by atoms with Crippen molar-refractivity contribution < 1.29 is 21.6 Å². The molecule has 5 N–H and O–H groups in total. The molecule has 17 heavy (non-hydrogen) atoms. The minimum atomic E-state index is -4.14. The average Bonchev–Trinajstić information content (AvgIpc) is 2.44. The second kappa shape index (κ2) is 4.34. The number of thiophene rings is 1. The van der Waals surface area contributed by atoms with Crippen LogP contribution in [0.3, 0.4) is 0 Å². The fourth-order valence-corrected chi connectivity index (χ4v) is 3.89. The number of rotatable bonds is 3. The molecule has 0 saturated heterocycles. The van der Waals surface area contributed by atoms with Gasteiger partial charge in [0, 0.05) is 6.92 Å². The van der Waals surface area contributed by atoms with Crippen molar-refractivity contribution >= 4 is 42.3 Å². The van der Waals surface area contributed by atoms with Crippen LogP contribution < -0.4 is 15.6 Å². The Hall–Kier alpha value is -1.01. The molecule has 8 nitrogen and oxygen atoms in total. The third-order valence-electron chi connectivity index (χ3n) is 1.55. The van der Waals surface area contributed by atoms with Crippen molar-refractivity contribution in [3.63, 3.8) is 0 Å². The van der Waals surface area contributed by atoms with Crippen molar-refractivity contribution in [1.82, 2.24) is 0 Å². The highest BCUT2D eigenvalue weighted by molar-refractivity contribution is 7.92. The van der Waals surface area contributed by atoms with Crippen LogP contribution in [-0.2, 0) is 24.8 Å². The molecule has 1 rings (SSSR count). The number of primary sulfonamides is 2. The van der Waals surface area contributed by atoms with Gasteiger partial charge in [-0.2, -0.15) is 0 Å². The van der Waals surface area contributed by atoms with Crippen molar-refractivity contribution in [2.24, 2.45) is 10.3 Å². The van der Waals surface area contributed by atoms with E-state index in [-0.39, 0.29) is 5.00 Å². The normalized spacial score (nSPS) is 12.4. The summed E-state index contributed by atoms with van der Waals surface area (Å²) in [5, 5.41) is 11.7. The number of sulfonamides is 2. The van der Waals surface area contributed by atoms with Gasteiger partial charge in [0.1, 0.15) is 14.1 Å². The van der Waals surface area contributed by atoms with Gasteiger partial charge < -0.3 is 5.32 Å². The largest absolute Gasteiger partial charge is 0.317 e. The van der Waals surface area contributed by atoms with Gasteiger partial charge in [-0.25, -0.2) is 27.1 Å². The molecule has 0 aromatic carbocycles. The van der Waals surface area contributed by atoms with E-state index in [0.717, 1.165) is 13.0 Å². The summed E-state index contributed by atoms with van der Waals surface area (Å²) in [5.74, 6) is -0.558. The summed E-state index contributed by atoms with van der Waals surface area (Å²) in [5.41, 5.74) is 0. The average molecular weight is 299 g/mol. The SMILES string of the molecule is CC(=O)Nc1sc(S(N)(=O)=O)cc1S(N)(=O)=O. The van der Waals surface area contributed by atoms with Gasteiger partial charge >= 0.3 is 0 Å². The highest BCUT2D eigenvalue weighted by atomic mass is 32.2. The number of hydrogen-bond donors (Lipinski definition) is 3. The maximum atomic E-state index is 11.2. The lowest BCUT2D eigenvalue weighted by atomic mass is 10.6. The van der Waals surface area contributed by atoms with E-state index in [1.165, 1.54) is 0 Å². The van der Waals surface area contributed by atoms with Crippen LogP contribution >= 0.6 is 11.3 Å². The molecule has 0 bridgehead atoms. The lowest BCUT2D eigenvalue weighted by Crippen LogP contribution is -2.15. The lowest BCUT2D eigenvalue weighted by Gasteiger charge is -2.00. The zero-order chi connectivity index (χ0) is 13.4. The van der Waals surface area contributed by atoms with Gasteiger partial charge in [0.05, 0.1) is 0 Å². The second-order valence-electron chi connectivity index (χ2n) is 3.03. The molecule has 0 atom stereocenters. The van der Waals surface area contributed by atoms with Gasteiger partial charge in [-0.15, -0.1) is 11.3 Å². The van der Waals surface area contributed by atoms with E-state index in [1.54, 1.807) is 0 Å². The topological polar surface area (TPSA) is 149 Å². The maximum Gasteiger partial charge on any atom is 0.247 e. The van der Waals surface area contributed by atoms with Crippen LogP contribution in [0.25, 0.3) is 0 Å². The van der Waals surface area contributed by atoms with E-state index in [4.69, 9.17) is 10.3 Å². The second-order valence-corrected chi connectivity index (χ2v) is 7.40. The molecule has 0 fully saturated rings. The van der Waals surface area contributed by atoms with Crippen LogP contribution in [0.5, 0.6) is 0 Å². The molecule has 0 saturated carbocycles. The Kier molecular flexibility index (Phi) is 3.59. The first-order chi connectivity index (χ1) is 7.51. The third-order valence-corrected chi connectivity index (χ3v) is 5.09. The summed E-state index contributed by atoms with van der Waals surface area (Å²) in [4.78, 5) is 10.3. The van der Waals surface area contributed by atoms with Crippen molar-refractivity contribution in [1.29, 1.82) is 0 Å². The summed E-state index contributed by atoms with van der Waals surface area (Å²) in [6.07, 6.45) is 0. The zero-order valence-electron chi connectivity index (χ0n) is 8.50. The summed E-state index contributed by atoms with van der Waals surface area (Å²) < 4.78 is 44.1. The quantitative estimate of drug-likeness (QED) is 0.654. The fourth-order valence-electron chi connectivity index (χ4n) is 0.951. The number of carbonyl (C=O) groups is 1. The van der Waals surface area contributed by atoms with E-state index >= 15 is 0 Å². The van der Waals surface area contributed by atoms with Crippen LogP contribution in [-0.4, -0.2) is 22.7 Å². The minimum Gasteiger partial charge on any atom is -0.317 e. The molecule has 96 valence electrons. The first-order valence-corrected chi connectivity index (χ1v) is 7.90. The summed E-state index contributed by atoms with van der Waals surface area (Å²) in [6, 6.07) is 0.806. The Balaban J connectivity index is 3.48. The summed E-state index contributed by atoms with van der Waals surface area (Å²) in [7, 11) is -8.20. The molecule has 0 spiro atoms. The molecule has 0 unspecified atom stereocenters. The Morgan fingerprint density at radius 2 is 1.76 bits per heavy atom. The molecular formula is C6H9N3O5S3. The lowest BCUT2D eigenvalue weighted by molar-refractivity contribution is -0.114. The molecule has 0 aliphatic rings.